The van der Waals surface area contributed by atoms with Crippen molar-refractivity contribution >= 4 is 17.6 Å². The highest BCUT2D eigenvalue weighted by Gasteiger charge is 2.33. The number of hydrogen-bond acceptors (Lipinski definition) is 4. The highest BCUT2D eigenvalue weighted by Crippen LogP contribution is 2.33. The second-order valence-corrected chi connectivity index (χ2v) is 8.51. The first-order valence-corrected chi connectivity index (χ1v) is 11.2. The molecule has 2 aliphatic heterocycles. The Morgan fingerprint density at radius 1 is 1.03 bits per heavy atom. The van der Waals surface area contributed by atoms with Crippen LogP contribution >= 0.6 is 0 Å². The summed E-state index contributed by atoms with van der Waals surface area (Å²) in [6.07, 6.45) is 3.37. The lowest BCUT2D eigenvalue weighted by molar-refractivity contribution is -0.117. The van der Waals surface area contributed by atoms with Crippen molar-refractivity contribution in [1.29, 1.82) is 0 Å². The largest absolute Gasteiger partial charge is 0.493 e. The Morgan fingerprint density at radius 3 is 2.44 bits per heavy atom. The maximum absolute atomic E-state index is 12.8. The Kier molecular flexibility index (Phi) is 6.83. The number of anilines is 1. The van der Waals surface area contributed by atoms with Crippen molar-refractivity contribution in [2.45, 2.75) is 31.7 Å². The van der Waals surface area contributed by atoms with Gasteiger partial charge in [0.2, 0.25) is 5.91 Å². The number of likely N-dealkylation sites (tertiary alicyclic amines) is 1. The number of carbonyl (C=O) groups is 2. The zero-order valence-electron chi connectivity index (χ0n) is 18.8. The van der Waals surface area contributed by atoms with Gasteiger partial charge in [0.15, 0.2) is 11.5 Å². The van der Waals surface area contributed by atoms with E-state index in [0.29, 0.717) is 30.4 Å². The Hall–Kier alpha value is -3.22. The van der Waals surface area contributed by atoms with Gasteiger partial charge in [-0.25, -0.2) is 4.79 Å². The first kappa shape index (κ1) is 22.0. The molecular weight excluding hydrogens is 406 g/mol. The lowest BCUT2D eigenvalue weighted by atomic mass is 9.90. The Balaban J connectivity index is 1.29. The number of benzene rings is 2. The number of ether oxygens (including phenoxy) is 2. The predicted molar refractivity (Wildman–Crippen MR) is 123 cm³/mol. The van der Waals surface area contributed by atoms with Crippen LogP contribution in [0.5, 0.6) is 11.5 Å². The summed E-state index contributed by atoms with van der Waals surface area (Å²) in [6.45, 7) is 1.96. The number of nitrogens with one attached hydrogen (secondary N) is 1. The number of nitrogens with zero attached hydrogens (tertiary/aromatic N) is 2. The highest BCUT2D eigenvalue weighted by molar-refractivity contribution is 5.97. The van der Waals surface area contributed by atoms with Crippen LogP contribution in [-0.2, 0) is 11.2 Å². The average molecular weight is 438 g/mol. The van der Waals surface area contributed by atoms with Crippen LogP contribution in [-0.4, -0.2) is 56.7 Å². The molecule has 0 saturated carbocycles. The van der Waals surface area contributed by atoms with Crippen LogP contribution < -0.4 is 19.7 Å². The van der Waals surface area contributed by atoms with Crippen molar-refractivity contribution in [3.8, 4) is 11.5 Å². The molecule has 2 aromatic rings. The predicted octanol–water partition coefficient (Wildman–Crippen LogP) is 3.47. The Morgan fingerprint density at radius 2 is 1.75 bits per heavy atom. The number of piperidine rings is 1. The fourth-order valence-electron chi connectivity index (χ4n) is 4.60. The number of methoxy groups -OCH3 is 2. The number of amides is 3. The topological polar surface area (TPSA) is 71.1 Å². The van der Waals surface area contributed by atoms with Crippen molar-refractivity contribution < 1.29 is 19.1 Å². The van der Waals surface area contributed by atoms with Crippen molar-refractivity contribution in [1.82, 2.24) is 10.2 Å². The van der Waals surface area contributed by atoms with Crippen LogP contribution in [0.25, 0.3) is 0 Å². The summed E-state index contributed by atoms with van der Waals surface area (Å²) in [5.74, 6) is 1.78. The lowest BCUT2D eigenvalue weighted by Gasteiger charge is -2.33. The first-order valence-electron chi connectivity index (χ1n) is 11.2. The summed E-state index contributed by atoms with van der Waals surface area (Å²) in [7, 11) is 3.15. The third-order valence-electron chi connectivity index (χ3n) is 6.40. The van der Waals surface area contributed by atoms with Crippen molar-refractivity contribution in [2.75, 3.05) is 38.8 Å². The molecule has 2 fully saturated rings. The van der Waals surface area contributed by atoms with E-state index in [1.54, 1.807) is 31.3 Å². The van der Waals surface area contributed by atoms with Gasteiger partial charge in [0, 0.05) is 37.8 Å². The second kappa shape index (κ2) is 9.94. The van der Waals surface area contributed by atoms with E-state index >= 15 is 0 Å². The smallest absolute Gasteiger partial charge is 0.317 e. The molecule has 1 atom stereocenters. The fourth-order valence-corrected chi connectivity index (χ4v) is 4.60. The van der Waals surface area contributed by atoms with Crippen molar-refractivity contribution in [3.05, 3.63) is 54.1 Å². The highest BCUT2D eigenvalue weighted by atomic mass is 16.5. The minimum Gasteiger partial charge on any atom is -0.493 e. The maximum Gasteiger partial charge on any atom is 0.317 e. The van der Waals surface area contributed by atoms with Gasteiger partial charge in [0.1, 0.15) is 0 Å². The van der Waals surface area contributed by atoms with Gasteiger partial charge in [-0.2, -0.15) is 0 Å². The minimum absolute atomic E-state index is 0.0101. The van der Waals surface area contributed by atoms with Gasteiger partial charge in [0.05, 0.1) is 20.3 Å². The number of carbonyl (C=O) groups excluding carboxylic acids is 2. The van der Waals surface area contributed by atoms with E-state index in [4.69, 9.17) is 9.47 Å². The van der Waals surface area contributed by atoms with Gasteiger partial charge >= 0.3 is 6.03 Å². The quantitative estimate of drug-likeness (QED) is 0.751. The van der Waals surface area contributed by atoms with E-state index in [1.165, 1.54) is 5.56 Å². The number of rotatable bonds is 6. The van der Waals surface area contributed by atoms with Gasteiger partial charge in [-0.1, -0.05) is 30.3 Å². The summed E-state index contributed by atoms with van der Waals surface area (Å²) in [5.41, 5.74) is 2.10. The molecule has 7 heteroatoms. The molecule has 1 unspecified atom stereocenters. The Labute approximate surface area is 189 Å². The van der Waals surface area contributed by atoms with E-state index < -0.39 is 0 Å². The van der Waals surface area contributed by atoms with E-state index in [9.17, 15) is 9.59 Å². The van der Waals surface area contributed by atoms with Crippen LogP contribution in [0.3, 0.4) is 0 Å². The van der Waals surface area contributed by atoms with E-state index in [1.807, 2.05) is 17.0 Å². The van der Waals surface area contributed by atoms with Gasteiger partial charge in [-0.15, -0.1) is 0 Å². The third-order valence-corrected chi connectivity index (χ3v) is 6.40. The standard InChI is InChI=1S/C25H31N3O4/c1-31-22-9-8-21(16-23(22)32-2)28-17-20(15-24(28)29)26-25(30)27-12-10-19(11-13-27)14-18-6-4-3-5-7-18/h3-9,16,19-20H,10-15,17H2,1-2H3,(H,26,30). The fraction of sp³-hybridized carbons (Fsp3) is 0.440. The van der Waals surface area contributed by atoms with Crippen LogP contribution in [0, 0.1) is 5.92 Å². The third kappa shape index (κ3) is 4.98. The summed E-state index contributed by atoms with van der Waals surface area (Å²) in [6, 6.07) is 15.7. The van der Waals surface area contributed by atoms with Crippen molar-refractivity contribution in [3.63, 3.8) is 0 Å². The van der Waals surface area contributed by atoms with Crippen LogP contribution in [0.4, 0.5) is 10.5 Å². The molecule has 2 saturated heterocycles. The maximum atomic E-state index is 12.8. The van der Waals surface area contributed by atoms with Crippen LogP contribution in [0.15, 0.2) is 48.5 Å². The van der Waals surface area contributed by atoms with Gasteiger partial charge < -0.3 is 24.6 Å². The number of hydrogen-bond donors (Lipinski definition) is 1. The zero-order valence-corrected chi connectivity index (χ0v) is 18.8. The Bertz CT molecular complexity index is 941. The number of urea groups is 1. The van der Waals surface area contributed by atoms with Crippen LogP contribution in [0.2, 0.25) is 0 Å². The molecule has 3 amide bonds. The molecule has 7 nitrogen and oxygen atoms in total. The van der Waals surface area contributed by atoms with E-state index in [-0.39, 0.29) is 18.0 Å². The van der Waals surface area contributed by atoms with E-state index in [2.05, 4.69) is 29.6 Å². The summed E-state index contributed by atoms with van der Waals surface area (Å²) >= 11 is 0. The molecule has 32 heavy (non-hydrogen) atoms. The van der Waals surface area contributed by atoms with E-state index in [0.717, 1.165) is 38.0 Å². The molecular formula is C25H31N3O4. The molecule has 2 aromatic carbocycles. The van der Waals surface area contributed by atoms with Gasteiger partial charge in [0.25, 0.3) is 0 Å². The lowest BCUT2D eigenvalue weighted by Crippen LogP contribution is -2.48. The zero-order chi connectivity index (χ0) is 22.5. The molecule has 0 radical (unpaired) electrons. The summed E-state index contributed by atoms with van der Waals surface area (Å²) in [5, 5.41) is 3.06. The molecule has 2 aliphatic rings. The molecule has 0 aromatic heterocycles. The molecule has 2 heterocycles. The monoisotopic (exact) mass is 437 g/mol. The molecule has 0 spiro atoms. The summed E-state index contributed by atoms with van der Waals surface area (Å²) in [4.78, 5) is 29.0. The molecule has 0 aliphatic carbocycles. The normalized spacial score (nSPS) is 19.2. The molecule has 0 bridgehead atoms. The molecule has 4 rings (SSSR count). The molecule has 170 valence electrons. The second-order valence-electron chi connectivity index (χ2n) is 8.51. The average Bonchev–Trinajstić information content (AvgIpc) is 3.19. The molecule has 1 N–H and O–H groups in total. The first-order chi connectivity index (χ1) is 15.6. The SMILES string of the molecule is COc1ccc(N2CC(NC(=O)N3CCC(Cc4ccccc4)CC3)CC2=O)cc1OC. The van der Waals surface area contributed by atoms with Gasteiger partial charge in [-0.3, -0.25) is 4.79 Å². The summed E-state index contributed by atoms with van der Waals surface area (Å²) < 4.78 is 10.6. The van der Waals surface area contributed by atoms with Gasteiger partial charge in [-0.05, 0) is 42.9 Å². The minimum atomic E-state index is -0.204. The van der Waals surface area contributed by atoms with Crippen LogP contribution in [0.1, 0.15) is 24.8 Å². The van der Waals surface area contributed by atoms with Crippen molar-refractivity contribution in [2.24, 2.45) is 5.92 Å².